The summed E-state index contributed by atoms with van der Waals surface area (Å²) in [6.07, 6.45) is 1.99. The minimum atomic E-state index is -1.66. The molecule has 0 N–H and O–H groups in total. The molecule has 2 fully saturated rings. The fourth-order valence-corrected chi connectivity index (χ4v) is 3.94. The van der Waals surface area contributed by atoms with Crippen molar-refractivity contribution in [2.75, 3.05) is 13.2 Å². The van der Waals surface area contributed by atoms with E-state index in [-0.39, 0.29) is 11.6 Å². The highest BCUT2D eigenvalue weighted by atomic mass is 16.8. The fourth-order valence-electron chi connectivity index (χ4n) is 3.94. The standard InChI is InChI=1S/C25H36O6/c1-23(2,3)21(26)17-11-7-8-12-18(17)22(27)25(24(4,5)6,30-19-13-9-15-28-19)31-20-14-10-16-29-20/h7-8,11-12,19-20H,9-10,13-16H2,1-6H3. The van der Waals surface area contributed by atoms with Crippen LogP contribution in [0, 0.1) is 10.8 Å². The number of carbonyl (C=O) groups is 2. The summed E-state index contributed by atoms with van der Waals surface area (Å²) >= 11 is 0. The van der Waals surface area contributed by atoms with Crippen LogP contribution < -0.4 is 0 Å². The minimum Gasteiger partial charge on any atom is -0.353 e. The Hall–Kier alpha value is -1.60. The van der Waals surface area contributed by atoms with Crippen molar-refractivity contribution in [1.82, 2.24) is 0 Å². The van der Waals surface area contributed by atoms with E-state index in [4.69, 9.17) is 18.9 Å². The molecular weight excluding hydrogens is 396 g/mol. The number of Topliss-reactive ketones (excluding diaryl/α,β-unsaturated/α-hetero) is 2. The summed E-state index contributed by atoms with van der Waals surface area (Å²) in [7, 11) is 0. The summed E-state index contributed by atoms with van der Waals surface area (Å²) in [6.45, 7) is 12.4. The lowest BCUT2D eigenvalue weighted by Crippen LogP contribution is -2.58. The predicted molar refractivity (Wildman–Crippen MR) is 117 cm³/mol. The van der Waals surface area contributed by atoms with Gasteiger partial charge in [-0.15, -0.1) is 0 Å². The van der Waals surface area contributed by atoms with E-state index in [9.17, 15) is 9.59 Å². The molecular formula is C25H36O6. The van der Waals surface area contributed by atoms with Crippen LogP contribution in [0.15, 0.2) is 24.3 Å². The molecule has 2 aliphatic rings. The molecule has 0 bridgehead atoms. The van der Waals surface area contributed by atoms with Gasteiger partial charge in [-0.1, -0.05) is 65.8 Å². The Balaban J connectivity index is 2.10. The van der Waals surface area contributed by atoms with Gasteiger partial charge in [-0.25, -0.2) is 0 Å². The Kier molecular flexibility index (Phi) is 7.06. The van der Waals surface area contributed by atoms with Gasteiger partial charge in [0.1, 0.15) is 0 Å². The molecule has 1 aromatic carbocycles. The van der Waals surface area contributed by atoms with Crippen LogP contribution in [0.4, 0.5) is 0 Å². The molecule has 2 heterocycles. The molecule has 6 heteroatoms. The molecule has 0 amide bonds. The van der Waals surface area contributed by atoms with Gasteiger partial charge in [-0.05, 0) is 12.8 Å². The van der Waals surface area contributed by atoms with Gasteiger partial charge in [0.2, 0.25) is 11.6 Å². The van der Waals surface area contributed by atoms with Crippen LogP contribution in [0.25, 0.3) is 0 Å². The summed E-state index contributed by atoms with van der Waals surface area (Å²) in [4.78, 5) is 27.4. The Morgan fingerprint density at radius 3 is 1.61 bits per heavy atom. The highest BCUT2D eigenvalue weighted by Crippen LogP contribution is 2.43. The fraction of sp³-hybridized carbons (Fsp3) is 0.680. The van der Waals surface area contributed by atoms with Crippen LogP contribution in [0.5, 0.6) is 0 Å². The summed E-state index contributed by atoms with van der Waals surface area (Å²) in [5.41, 5.74) is -0.709. The molecule has 2 saturated heterocycles. The SMILES string of the molecule is CC(C)(C)C(=O)c1ccccc1C(=O)C(OC1CCCO1)(OC1CCCO1)C(C)(C)C. The highest BCUT2D eigenvalue weighted by Gasteiger charge is 2.56. The molecule has 0 radical (unpaired) electrons. The number of rotatable bonds is 7. The minimum absolute atomic E-state index is 0.103. The molecule has 2 unspecified atom stereocenters. The topological polar surface area (TPSA) is 71.1 Å². The van der Waals surface area contributed by atoms with Crippen molar-refractivity contribution in [1.29, 1.82) is 0 Å². The van der Waals surface area contributed by atoms with Crippen LogP contribution in [0.3, 0.4) is 0 Å². The van der Waals surface area contributed by atoms with Gasteiger partial charge >= 0.3 is 0 Å². The number of benzene rings is 1. The third kappa shape index (κ3) is 5.08. The molecule has 1 aromatic rings. The van der Waals surface area contributed by atoms with E-state index in [1.807, 2.05) is 41.5 Å². The maximum absolute atomic E-state index is 14.2. The third-order valence-corrected chi connectivity index (χ3v) is 5.75. The van der Waals surface area contributed by atoms with Gasteiger partial charge in [0.05, 0.1) is 0 Å². The Morgan fingerprint density at radius 1 is 0.806 bits per heavy atom. The number of hydrogen-bond acceptors (Lipinski definition) is 6. The van der Waals surface area contributed by atoms with E-state index in [2.05, 4.69) is 0 Å². The molecule has 0 aliphatic carbocycles. The van der Waals surface area contributed by atoms with Gasteiger partial charge in [0.15, 0.2) is 18.4 Å². The summed E-state index contributed by atoms with van der Waals surface area (Å²) < 4.78 is 24.2. The smallest absolute Gasteiger partial charge is 0.243 e. The predicted octanol–water partition coefficient (Wildman–Crippen LogP) is 5.15. The van der Waals surface area contributed by atoms with Crippen LogP contribution in [0.2, 0.25) is 0 Å². The van der Waals surface area contributed by atoms with Crippen molar-refractivity contribution in [2.24, 2.45) is 10.8 Å². The Labute approximate surface area is 185 Å². The van der Waals surface area contributed by atoms with Crippen molar-refractivity contribution in [3.8, 4) is 0 Å². The molecule has 2 atom stereocenters. The summed E-state index contributed by atoms with van der Waals surface area (Å²) in [6, 6.07) is 6.92. The first kappa shape index (κ1) is 24.1. The number of ketones is 2. The average Bonchev–Trinajstić information content (AvgIpc) is 3.38. The van der Waals surface area contributed by atoms with Crippen LogP contribution in [0.1, 0.15) is 87.9 Å². The molecule has 172 valence electrons. The van der Waals surface area contributed by atoms with Crippen LogP contribution in [-0.2, 0) is 18.9 Å². The number of hydrogen-bond donors (Lipinski definition) is 0. The van der Waals surface area contributed by atoms with Crippen molar-refractivity contribution < 1.29 is 28.5 Å². The molecule has 3 rings (SSSR count). The zero-order valence-corrected chi connectivity index (χ0v) is 19.7. The molecule has 2 aliphatic heterocycles. The second kappa shape index (κ2) is 9.10. The van der Waals surface area contributed by atoms with E-state index < -0.39 is 29.2 Å². The Morgan fingerprint density at radius 2 is 1.26 bits per heavy atom. The van der Waals surface area contributed by atoms with Crippen LogP contribution >= 0.6 is 0 Å². The van der Waals surface area contributed by atoms with Crippen molar-refractivity contribution in [2.45, 2.75) is 85.6 Å². The molecule has 0 spiro atoms. The monoisotopic (exact) mass is 432 g/mol. The highest BCUT2D eigenvalue weighted by molar-refractivity contribution is 6.13. The summed E-state index contributed by atoms with van der Waals surface area (Å²) in [5.74, 6) is -2.14. The average molecular weight is 433 g/mol. The maximum atomic E-state index is 14.2. The lowest BCUT2D eigenvalue weighted by molar-refractivity contribution is -0.346. The largest absolute Gasteiger partial charge is 0.353 e. The van der Waals surface area contributed by atoms with Crippen molar-refractivity contribution in [3.63, 3.8) is 0 Å². The first-order valence-corrected chi connectivity index (χ1v) is 11.2. The lowest BCUT2D eigenvalue weighted by Gasteiger charge is -2.45. The first-order valence-electron chi connectivity index (χ1n) is 11.2. The van der Waals surface area contributed by atoms with E-state index >= 15 is 0 Å². The van der Waals surface area contributed by atoms with Gasteiger partial charge in [0.25, 0.3) is 0 Å². The van der Waals surface area contributed by atoms with Gasteiger partial charge in [-0.2, -0.15) is 0 Å². The van der Waals surface area contributed by atoms with E-state index in [1.165, 1.54) is 0 Å². The second-order valence-corrected chi connectivity index (χ2v) is 10.4. The molecule has 31 heavy (non-hydrogen) atoms. The van der Waals surface area contributed by atoms with E-state index in [1.54, 1.807) is 24.3 Å². The zero-order chi connectivity index (χ0) is 22.9. The van der Waals surface area contributed by atoms with E-state index in [0.29, 0.717) is 37.2 Å². The third-order valence-electron chi connectivity index (χ3n) is 5.75. The number of carbonyl (C=O) groups excluding carboxylic acids is 2. The van der Waals surface area contributed by atoms with Crippen LogP contribution in [-0.4, -0.2) is 43.1 Å². The molecule has 0 aromatic heterocycles. The Bertz CT molecular complexity index is 771. The summed E-state index contributed by atoms with van der Waals surface area (Å²) in [5, 5.41) is 0. The van der Waals surface area contributed by atoms with Crippen molar-refractivity contribution >= 4 is 11.6 Å². The molecule has 6 nitrogen and oxygen atoms in total. The molecule has 0 saturated carbocycles. The van der Waals surface area contributed by atoms with Gasteiger partial charge in [0, 0.05) is 48.0 Å². The van der Waals surface area contributed by atoms with Crippen molar-refractivity contribution in [3.05, 3.63) is 35.4 Å². The first-order chi connectivity index (χ1) is 14.5. The van der Waals surface area contributed by atoms with Gasteiger partial charge in [-0.3, -0.25) is 9.59 Å². The lowest BCUT2D eigenvalue weighted by atomic mass is 9.77. The van der Waals surface area contributed by atoms with E-state index in [0.717, 1.165) is 12.8 Å². The zero-order valence-electron chi connectivity index (χ0n) is 19.7. The maximum Gasteiger partial charge on any atom is 0.243 e. The number of ether oxygens (including phenoxy) is 4. The quantitative estimate of drug-likeness (QED) is 0.438. The normalized spacial score (nSPS) is 24.2. The second-order valence-electron chi connectivity index (χ2n) is 10.4. The van der Waals surface area contributed by atoms with Gasteiger partial charge < -0.3 is 18.9 Å².